The summed E-state index contributed by atoms with van der Waals surface area (Å²) in [5.74, 6) is 0.754. The summed E-state index contributed by atoms with van der Waals surface area (Å²) < 4.78 is 0. The van der Waals surface area contributed by atoms with Crippen LogP contribution in [0.4, 0.5) is 0 Å². The van der Waals surface area contributed by atoms with E-state index < -0.39 is 0 Å². The fourth-order valence-corrected chi connectivity index (χ4v) is 3.71. The number of carbonyl (C=O) groups excluding carboxylic acids is 1. The molecule has 4 heteroatoms. The monoisotopic (exact) mass is 278 g/mol. The van der Waals surface area contributed by atoms with Gasteiger partial charge in [-0.15, -0.1) is 0 Å². The summed E-state index contributed by atoms with van der Waals surface area (Å²) in [6.07, 6.45) is 8.99. The van der Waals surface area contributed by atoms with E-state index >= 15 is 0 Å². The molecule has 0 aromatic carbocycles. The maximum atomic E-state index is 12.6. The smallest absolute Gasteiger partial charge is 0.272 e. The molecule has 0 unspecified atom stereocenters. The van der Waals surface area contributed by atoms with Gasteiger partial charge in [-0.1, -0.05) is 24.4 Å². The van der Waals surface area contributed by atoms with Crippen LogP contribution in [0.25, 0.3) is 0 Å². The highest BCUT2D eigenvalue weighted by molar-refractivity contribution is 6.30. The lowest BCUT2D eigenvalue weighted by Crippen LogP contribution is -2.49. The molecule has 1 aromatic heterocycles. The van der Waals surface area contributed by atoms with Crippen LogP contribution in [-0.4, -0.2) is 28.4 Å². The number of aromatic nitrogens is 1. The highest BCUT2D eigenvalue weighted by atomic mass is 35.5. The molecule has 1 aliphatic heterocycles. The Kier molecular flexibility index (Phi) is 3.74. The molecule has 0 spiro atoms. The maximum Gasteiger partial charge on any atom is 0.272 e. The number of likely N-dealkylation sites (tertiary alicyclic amines) is 1. The predicted molar refractivity (Wildman–Crippen MR) is 75.3 cm³/mol. The first-order valence-corrected chi connectivity index (χ1v) is 7.56. The standard InChI is InChI=1S/C15H19ClN2O/c16-12-7-8-17-13(10-12)15(19)18-9-3-5-11-4-1-2-6-14(11)18/h7-8,10-11,14H,1-6,9H2/t11-,14-/m1/s1. The zero-order chi connectivity index (χ0) is 13.2. The average molecular weight is 279 g/mol. The normalized spacial score (nSPS) is 26.9. The van der Waals surface area contributed by atoms with Crippen molar-refractivity contribution in [1.29, 1.82) is 0 Å². The summed E-state index contributed by atoms with van der Waals surface area (Å²) in [6.45, 7) is 0.869. The third-order valence-electron chi connectivity index (χ3n) is 4.45. The van der Waals surface area contributed by atoms with Gasteiger partial charge in [-0.05, 0) is 43.7 Å². The molecule has 1 amide bonds. The molecular weight excluding hydrogens is 260 g/mol. The molecule has 1 saturated heterocycles. The van der Waals surface area contributed by atoms with Crippen molar-refractivity contribution in [3.8, 4) is 0 Å². The summed E-state index contributed by atoms with van der Waals surface area (Å²) in [5, 5.41) is 0.579. The molecular formula is C15H19ClN2O. The summed E-state index contributed by atoms with van der Waals surface area (Å²) >= 11 is 5.95. The van der Waals surface area contributed by atoms with Crippen molar-refractivity contribution in [2.24, 2.45) is 5.92 Å². The molecule has 0 radical (unpaired) electrons. The molecule has 2 aliphatic rings. The van der Waals surface area contributed by atoms with Crippen LogP contribution in [0.3, 0.4) is 0 Å². The Morgan fingerprint density at radius 3 is 2.89 bits per heavy atom. The number of hydrogen-bond acceptors (Lipinski definition) is 2. The van der Waals surface area contributed by atoms with Crippen LogP contribution in [-0.2, 0) is 0 Å². The number of rotatable bonds is 1. The molecule has 19 heavy (non-hydrogen) atoms. The van der Waals surface area contributed by atoms with E-state index in [1.807, 2.05) is 4.90 Å². The number of pyridine rings is 1. The summed E-state index contributed by atoms with van der Waals surface area (Å²) in [7, 11) is 0. The highest BCUT2D eigenvalue weighted by Crippen LogP contribution is 2.35. The van der Waals surface area contributed by atoms with E-state index in [0.717, 1.165) is 19.4 Å². The van der Waals surface area contributed by atoms with Gasteiger partial charge in [-0.25, -0.2) is 0 Å². The Balaban J connectivity index is 1.82. The number of hydrogen-bond donors (Lipinski definition) is 0. The van der Waals surface area contributed by atoms with Crippen LogP contribution in [0.15, 0.2) is 18.3 Å². The van der Waals surface area contributed by atoms with E-state index in [-0.39, 0.29) is 5.91 Å². The molecule has 0 bridgehead atoms. The topological polar surface area (TPSA) is 33.2 Å². The van der Waals surface area contributed by atoms with Crippen molar-refractivity contribution in [1.82, 2.24) is 9.88 Å². The van der Waals surface area contributed by atoms with E-state index in [4.69, 9.17) is 11.6 Å². The van der Waals surface area contributed by atoms with Gasteiger partial charge in [0.2, 0.25) is 0 Å². The van der Waals surface area contributed by atoms with Crippen LogP contribution >= 0.6 is 11.6 Å². The fraction of sp³-hybridized carbons (Fsp3) is 0.600. The van der Waals surface area contributed by atoms with Gasteiger partial charge in [-0.3, -0.25) is 9.78 Å². The van der Waals surface area contributed by atoms with Gasteiger partial charge in [0.25, 0.3) is 5.91 Å². The first-order valence-electron chi connectivity index (χ1n) is 7.18. The number of carbonyl (C=O) groups is 1. The lowest BCUT2D eigenvalue weighted by molar-refractivity contribution is 0.0385. The third-order valence-corrected chi connectivity index (χ3v) is 4.68. The third kappa shape index (κ3) is 2.62. The molecule has 1 saturated carbocycles. The molecule has 2 atom stereocenters. The lowest BCUT2D eigenvalue weighted by Gasteiger charge is -2.44. The molecule has 3 rings (SSSR count). The minimum absolute atomic E-state index is 0.0547. The van der Waals surface area contributed by atoms with Gasteiger partial charge in [-0.2, -0.15) is 0 Å². The van der Waals surface area contributed by atoms with Gasteiger partial charge < -0.3 is 4.90 Å². The molecule has 3 nitrogen and oxygen atoms in total. The van der Waals surface area contributed by atoms with Crippen LogP contribution in [0.1, 0.15) is 49.0 Å². The van der Waals surface area contributed by atoms with Crippen molar-refractivity contribution >= 4 is 17.5 Å². The van der Waals surface area contributed by atoms with Crippen LogP contribution in [0.2, 0.25) is 5.02 Å². The molecule has 2 fully saturated rings. The molecule has 0 N–H and O–H groups in total. The van der Waals surface area contributed by atoms with E-state index in [1.54, 1.807) is 18.3 Å². The lowest BCUT2D eigenvalue weighted by atomic mass is 9.78. The average Bonchev–Trinajstić information content (AvgIpc) is 2.46. The van der Waals surface area contributed by atoms with Gasteiger partial charge in [0.1, 0.15) is 5.69 Å². The molecule has 1 aromatic rings. The SMILES string of the molecule is O=C(c1cc(Cl)ccn1)N1CCC[C@H]2CCCC[C@H]21. The molecule has 1 aliphatic carbocycles. The second kappa shape index (κ2) is 5.49. The van der Waals surface area contributed by atoms with Gasteiger partial charge in [0.15, 0.2) is 0 Å². The Morgan fingerprint density at radius 1 is 1.26 bits per heavy atom. The van der Waals surface area contributed by atoms with Crippen LogP contribution < -0.4 is 0 Å². The van der Waals surface area contributed by atoms with E-state index in [0.29, 0.717) is 22.7 Å². The quantitative estimate of drug-likeness (QED) is 0.787. The number of amides is 1. The Labute approximate surface area is 119 Å². The van der Waals surface area contributed by atoms with Gasteiger partial charge >= 0.3 is 0 Å². The van der Waals surface area contributed by atoms with E-state index in [1.165, 1.54) is 25.7 Å². The molecule has 102 valence electrons. The zero-order valence-electron chi connectivity index (χ0n) is 11.0. The fourth-order valence-electron chi connectivity index (χ4n) is 3.55. The number of nitrogens with zero attached hydrogens (tertiary/aromatic N) is 2. The van der Waals surface area contributed by atoms with Crippen LogP contribution in [0.5, 0.6) is 0 Å². The Bertz CT molecular complexity index is 475. The summed E-state index contributed by atoms with van der Waals surface area (Å²) in [6, 6.07) is 3.81. The first kappa shape index (κ1) is 12.9. The van der Waals surface area contributed by atoms with E-state index in [2.05, 4.69) is 4.98 Å². The number of piperidine rings is 1. The maximum absolute atomic E-state index is 12.6. The minimum Gasteiger partial charge on any atom is -0.334 e. The van der Waals surface area contributed by atoms with Crippen molar-refractivity contribution in [3.63, 3.8) is 0 Å². The van der Waals surface area contributed by atoms with Crippen LogP contribution in [0, 0.1) is 5.92 Å². The summed E-state index contributed by atoms with van der Waals surface area (Å²) in [4.78, 5) is 18.8. The first-order chi connectivity index (χ1) is 9.25. The predicted octanol–water partition coefficient (Wildman–Crippen LogP) is 3.53. The molecule has 2 heterocycles. The minimum atomic E-state index is 0.0547. The largest absolute Gasteiger partial charge is 0.334 e. The highest BCUT2D eigenvalue weighted by Gasteiger charge is 2.36. The van der Waals surface area contributed by atoms with Crippen molar-refractivity contribution in [3.05, 3.63) is 29.0 Å². The van der Waals surface area contributed by atoms with Crippen molar-refractivity contribution in [2.45, 2.75) is 44.6 Å². The van der Waals surface area contributed by atoms with Crippen molar-refractivity contribution < 1.29 is 4.79 Å². The number of fused-ring (bicyclic) bond motifs is 1. The second-order valence-electron chi connectivity index (χ2n) is 5.61. The second-order valence-corrected chi connectivity index (χ2v) is 6.05. The van der Waals surface area contributed by atoms with E-state index in [9.17, 15) is 4.79 Å². The Morgan fingerprint density at radius 2 is 2.05 bits per heavy atom. The van der Waals surface area contributed by atoms with Gasteiger partial charge in [0, 0.05) is 23.8 Å². The Hall–Kier alpha value is -1.09. The van der Waals surface area contributed by atoms with Crippen molar-refractivity contribution in [2.75, 3.05) is 6.54 Å². The summed E-state index contributed by atoms with van der Waals surface area (Å²) in [5.41, 5.74) is 0.485. The number of halogens is 1. The zero-order valence-corrected chi connectivity index (χ0v) is 11.8. The van der Waals surface area contributed by atoms with Gasteiger partial charge in [0.05, 0.1) is 0 Å².